The van der Waals surface area contributed by atoms with Crippen molar-refractivity contribution < 1.29 is 0 Å². The first-order valence-electron chi connectivity index (χ1n) is 9.31. The van der Waals surface area contributed by atoms with Crippen molar-refractivity contribution in [3.63, 3.8) is 0 Å². The Labute approximate surface area is 169 Å². The van der Waals surface area contributed by atoms with Crippen LogP contribution in [-0.2, 0) is 0 Å². The van der Waals surface area contributed by atoms with Crippen LogP contribution in [0.15, 0.2) is 113 Å². The molecule has 2 heteroatoms. The highest BCUT2D eigenvalue weighted by molar-refractivity contribution is 7.99. The van der Waals surface area contributed by atoms with Gasteiger partial charge >= 0.3 is 0 Å². The minimum absolute atomic E-state index is 1.04. The summed E-state index contributed by atoms with van der Waals surface area (Å²) in [6.07, 6.45) is 0. The minimum Gasteiger partial charge on any atom is -0.354 e. The third kappa shape index (κ3) is 3.12. The highest BCUT2D eigenvalue weighted by Crippen LogP contribution is 2.44. The topological polar surface area (TPSA) is 12.0 Å². The molecule has 0 fully saturated rings. The molecule has 0 amide bonds. The van der Waals surface area contributed by atoms with Crippen LogP contribution in [0.3, 0.4) is 0 Å². The molecule has 0 unspecified atom stereocenters. The molecule has 0 atom stereocenters. The van der Waals surface area contributed by atoms with Crippen LogP contribution in [0.25, 0.3) is 16.7 Å². The summed E-state index contributed by atoms with van der Waals surface area (Å²) >= 11 is 1.81. The van der Waals surface area contributed by atoms with Gasteiger partial charge in [-0.05, 0) is 52.1 Å². The molecule has 1 aliphatic heterocycles. The van der Waals surface area contributed by atoms with Crippen molar-refractivity contribution in [2.75, 3.05) is 5.32 Å². The second-order valence-electron chi connectivity index (χ2n) is 6.86. The van der Waals surface area contributed by atoms with Gasteiger partial charge in [0.25, 0.3) is 0 Å². The van der Waals surface area contributed by atoms with Crippen LogP contribution in [0.1, 0.15) is 11.1 Å². The standard InChI is InChI=1S/C26H19NS/c1-18(19-11-13-21(14-12-19)20-7-3-2-4-8-20)22-15-16-26-24(17-22)27-23-9-5-6-10-25(23)28-26/h2-17,27H,1H2. The second-order valence-corrected chi connectivity index (χ2v) is 7.94. The summed E-state index contributed by atoms with van der Waals surface area (Å²) in [6, 6.07) is 34.0. The number of nitrogens with one attached hydrogen (secondary N) is 1. The Morgan fingerprint density at radius 1 is 0.607 bits per heavy atom. The minimum atomic E-state index is 1.04. The summed E-state index contributed by atoms with van der Waals surface area (Å²) in [5.74, 6) is 0. The van der Waals surface area contributed by atoms with E-state index < -0.39 is 0 Å². The molecule has 0 spiro atoms. The van der Waals surface area contributed by atoms with Gasteiger partial charge in [0.2, 0.25) is 0 Å². The fourth-order valence-electron chi connectivity index (χ4n) is 3.49. The molecule has 0 saturated heterocycles. The number of anilines is 2. The molecule has 0 radical (unpaired) electrons. The molecule has 1 nitrogen and oxygen atoms in total. The van der Waals surface area contributed by atoms with Crippen molar-refractivity contribution in [2.24, 2.45) is 0 Å². The van der Waals surface area contributed by atoms with Gasteiger partial charge in [0.15, 0.2) is 0 Å². The monoisotopic (exact) mass is 377 g/mol. The molecular weight excluding hydrogens is 358 g/mol. The Morgan fingerprint density at radius 3 is 2.07 bits per heavy atom. The predicted molar refractivity (Wildman–Crippen MR) is 120 cm³/mol. The van der Waals surface area contributed by atoms with E-state index in [4.69, 9.17) is 0 Å². The van der Waals surface area contributed by atoms with Crippen LogP contribution < -0.4 is 5.32 Å². The van der Waals surface area contributed by atoms with Gasteiger partial charge in [-0.3, -0.25) is 0 Å². The average molecular weight is 378 g/mol. The van der Waals surface area contributed by atoms with Crippen LogP contribution in [0.2, 0.25) is 0 Å². The molecule has 1 heterocycles. The normalized spacial score (nSPS) is 11.9. The van der Waals surface area contributed by atoms with Crippen LogP contribution in [0.5, 0.6) is 0 Å². The van der Waals surface area contributed by atoms with Gasteiger partial charge in [0.05, 0.1) is 11.4 Å². The third-order valence-electron chi connectivity index (χ3n) is 5.04. The summed E-state index contributed by atoms with van der Waals surface area (Å²) in [5.41, 5.74) is 8.07. The Bertz CT molecular complexity index is 1160. The fourth-order valence-corrected chi connectivity index (χ4v) is 4.46. The highest BCUT2D eigenvalue weighted by Gasteiger charge is 2.16. The van der Waals surface area contributed by atoms with E-state index in [9.17, 15) is 0 Å². The molecule has 1 aliphatic rings. The van der Waals surface area contributed by atoms with Gasteiger partial charge in [-0.1, -0.05) is 91.1 Å². The first kappa shape index (κ1) is 16.9. The molecular formula is C26H19NS. The molecule has 0 bridgehead atoms. The van der Waals surface area contributed by atoms with Crippen molar-refractivity contribution in [2.45, 2.75) is 9.79 Å². The predicted octanol–water partition coefficient (Wildman–Crippen LogP) is 7.62. The van der Waals surface area contributed by atoms with E-state index >= 15 is 0 Å². The second kappa shape index (κ2) is 7.06. The van der Waals surface area contributed by atoms with E-state index in [1.807, 2.05) is 6.07 Å². The third-order valence-corrected chi connectivity index (χ3v) is 6.20. The molecule has 5 rings (SSSR count). The van der Waals surface area contributed by atoms with Gasteiger partial charge in [-0.15, -0.1) is 0 Å². The van der Waals surface area contributed by atoms with E-state index in [0.29, 0.717) is 0 Å². The average Bonchev–Trinajstić information content (AvgIpc) is 2.77. The maximum atomic E-state index is 4.36. The number of rotatable bonds is 3. The summed E-state index contributed by atoms with van der Waals surface area (Å²) < 4.78 is 0. The number of fused-ring (bicyclic) bond motifs is 2. The zero-order valence-corrected chi connectivity index (χ0v) is 16.2. The lowest BCUT2D eigenvalue weighted by molar-refractivity contribution is 1.31. The Kier molecular flexibility index (Phi) is 4.27. The van der Waals surface area contributed by atoms with E-state index in [0.717, 1.165) is 28.1 Å². The van der Waals surface area contributed by atoms with Gasteiger partial charge in [0, 0.05) is 9.79 Å². The molecule has 1 N–H and O–H groups in total. The Morgan fingerprint density at radius 2 is 1.25 bits per heavy atom. The molecule has 4 aromatic carbocycles. The van der Waals surface area contributed by atoms with Gasteiger partial charge in [-0.25, -0.2) is 0 Å². The molecule has 134 valence electrons. The summed E-state index contributed by atoms with van der Waals surface area (Å²) in [7, 11) is 0. The Hall–Kier alpha value is -3.23. The van der Waals surface area contributed by atoms with Gasteiger partial charge in [0.1, 0.15) is 0 Å². The number of hydrogen-bond acceptors (Lipinski definition) is 2. The van der Waals surface area contributed by atoms with Crippen molar-refractivity contribution in [1.29, 1.82) is 0 Å². The van der Waals surface area contributed by atoms with Crippen LogP contribution in [0, 0.1) is 0 Å². The van der Waals surface area contributed by atoms with Crippen molar-refractivity contribution in [1.82, 2.24) is 0 Å². The SMILES string of the molecule is C=C(c1ccc(-c2ccccc2)cc1)c1ccc2c(c1)Nc1ccccc1S2. The Balaban J connectivity index is 1.42. The highest BCUT2D eigenvalue weighted by atomic mass is 32.2. The lowest BCUT2D eigenvalue weighted by Gasteiger charge is -2.21. The van der Waals surface area contributed by atoms with E-state index in [1.54, 1.807) is 11.8 Å². The smallest absolute Gasteiger partial charge is 0.0532 e. The van der Waals surface area contributed by atoms with Gasteiger partial charge in [-0.2, -0.15) is 0 Å². The first-order chi connectivity index (χ1) is 13.8. The zero-order valence-electron chi connectivity index (χ0n) is 15.4. The summed E-state index contributed by atoms with van der Waals surface area (Å²) in [6.45, 7) is 4.36. The number of benzene rings is 4. The van der Waals surface area contributed by atoms with Crippen molar-refractivity contribution >= 4 is 28.7 Å². The molecule has 0 aliphatic carbocycles. The van der Waals surface area contributed by atoms with E-state index in [1.165, 1.54) is 20.9 Å². The van der Waals surface area contributed by atoms with Crippen LogP contribution in [0.4, 0.5) is 11.4 Å². The molecule has 28 heavy (non-hydrogen) atoms. The lowest BCUT2D eigenvalue weighted by Crippen LogP contribution is -2.00. The zero-order chi connectivity index (χ0) is 18.9. The molecule has 0 aromatic heterocycles. The van der Waals surface area contributed by atoms with Crippen molar-refractivity contribution in [3.05, 3.63) is 115 Å². The van der Waals surface area contributed by atoms with Crippen molar-refractivity contribution in [3.8, 4) is 11.1 Å². The molecule has 4 aromatic rings. The van der Waals surface area contributed by atoms with Crippen LogP contribution in [-0.4, -0.2) is 0 Å². The van der Waals surface area contributed by atoms with E-state index in [2.05, 4.69) is 103 Å². The maximum Gasteiger partial charge on any atom is 0.0532 e. The number of para-hydroxylation sites is 1. The van der Waals surface area contributed by atoms with Gasteiger partial charge < -0.3 is 5.32 Å². The molecule has 0 saturated carbocycles. The largest absolute Gasteiger partial charge is 0.354 e. The van der Waals surface area contributed by atoms with E-state index in [-0.39, 0.29) is 0 Å². The van der Waals surface area contributed by atoms with Crippen LogP contribution >= 0.6 is 11.8 Å². The summed E-state index contributed by atoms with van der Waals surface area (Å²) in [5, 5.41) is 3.56. The quantitative estimate of drug-likeness (QED) is 0.347. The number of hydrogen-bond donors (Lipinski definition) is 1. The lowest BCUT2D eigenvalue weighted by atomic mass is 9.96. The summed E-state index contributed by atoms with van der Waals surface area (Å²) in [4.78, 5) is 2.51. The maximum absolute atomic E-state index is 4.36. The fraction of sp³-hybridized carbons (Fsp3) is 0. The first-order valence-corrected chi connectivity index (χ1v) is 10.1.